The van der Waals surface area contributed by atoms with Crippen molar-refractivity contribution in [1.29, 1.82) is 0 Å². The van der Waals surface area contributed by atoms with Crippen LogP contribution in [0, 0.1) is 5.41 Å². The molecule has 0 spiro atoms. The molecular weight excluding hydrogens is 200 g/mol. The molecule has 0 aliphatic heterocycles. The first-order valence-corrected chi connectivity index (χ1v) is 5.67. The van der Waals surface area contributed by atoms with Crippen LogP contribution in [0.15, 0.2) is 0 Å². The number of halogens is 2. The van der Waals surface area contributed by atoms with Crippen molar-refractivity contribution in [2.75, 3.05) is 13.7 Å². The number of nitrogens with one attached hydrogen (secondary N) is 1. The van der Waals surface area contributed by atoms with Crippen molar-refractivity contribution in [3.8, 4) is 0 Å². The Kier molecular flexibility index (Phi) is 4.46. The molecule has 2 atom stereocenters. The SMILES string of the molecule is CCC1(CC)C(NC)CC1OCC(F)F. The van der Waals surface area contributed by atoms with Crippen molar-refractivity contribution in [3.63, 3.8) is 0 Å². The molecule has 0 saturated heterocycles. The lowest BCUT2D eigenvalue weighted by Gasteiger charge is -2.55. The van der Waals surface area contributed by atoms with Crippen molar-refractivity contribution in [2.24, 2.45) is 5.41 Å². The Bertz CT molecular complexity index is 195. The Hall–Kier alpha value is -0.220. The van der Waals surface area contributed by atoms with Gasteiger partial charge in [-0.3, -0.25) is 0 Å². The van der Waals surface area contributed by atoms with E-state index in [9.17, 15) is 8.78 Å². The summed E-state index contributed by atoms with van der Waals surface area (Å²) in [6.45, 7) is 3.78. The van der Waals surface area contributed by atoms with Crippen LogP contribution in [0.3, 0.4) is 0 Å². The van der Waals surface area contributed by atoms with Gasteiger partial charge in [-0.1, -0.05) is 13.8 Å². The molecule has 0 bridgehead atoms. The highest BCUT2D eigenvalue weighted by atomic mass is 19.3. The van der Waals surface area contributed by atoms with E-state index in [-0.39, 0.29) is 11.5 Å². The van der Waals surface area contributed by atoms with Crippen molar-refractivity contribution >= 4 is 0 Å². The maximum Gasteiger partial charge on any atom is 0.261 e. The van der Waals surface area contributed by atoms with E-state index in [0.717, 1.165) is 19.3 Å². The Balaban J connectivity index is 2.52. The molecule has 1 saturated carbocycles. The van der Waals surface area contributed by atoms with E-state index in [2.05, 4.69) is 19.2 Å². The first-order valence-electron chi connectivity index (χ1n) is 5.67. The summed E-state index contributed by atoms with van der Waals surface area (Å²) in [5, 5.41) is 3.24. The molecule has 2 nitrogen and oxygen atoms in total. The van der Waals surface area contributed by atoms with Gasteiger partial charge in [0.25, 0.3) is 6.43 Å². The smallest absolute Gasteiger partial charge is 0.261 e. The summed E-state index contributed by atoms with van der Waals surface area (Å²) in [4.78, 5) is 0. The van der Waals surface area contributed by atoms with E-state index < -0.39 is 13.0 Å². The van der Waals surface area contributed by atoms with Gasteiger partial charge in [0.2, 0.25) is 0 Å². The molecule has 0 amide bonds. The van der Waals surface area contributed by atoms with Crippen LogP contribution in [-0.2, 0) is 4.74 Å². The van der Waals surface area contributed by atoms with Crippen LogP contribution < -0.4 is 5.32 Å². The molecule has 1 rings (SSSR count). The molecule has 0 heterocycles. The van der Waals surface area contributed by atoms with Crippen LogP contribution in [0.4, 0.5) is 8.78 Å². The van der Waals surface area contributed by atoms with E-state index in [0.29, 0.717) is 6.04 Å². The van der Waals surface area contributed by atoms with Crippen LogP contribution in [0.5, 0.6) is 0 Å². The molecule has 4 heteroatoms. The van der Waals surface area contributed by atoms with Crippen molar-refractivity contribution in [2.45, 2.75) is 51.7 Å². The quantitative estimate of drug-likeness (QED) is 0.743. The van der Waals surface area contributed by atoms with E-state index in [1.165, 1.54) is 0 Å². The van der Waals surface area contributed by atoms with Crippen LogP contribution in [0.25, 0.3) is 0 Å². The lowest BCUT2D eigenvalue weighted by atomic mass is 9.59. The average Bonchev–Trinajstić information content (AvgIpc) is 2.18. The normalized spacial score (nSPS) is 29.2. The maximum absolute atomic E-state index is 12.1. The number of alkyl halides is 2. The van der Waals surface area contributed by atoms with Crippen LogP contribution >= 0.6 is 0 Å². The molecule has 0 aromatic rings. The molecule has 0 aromatic heterocycles. The number of hydrogen-bond donors (Lipinski definition) is 1. The van der Waals surface area contributed by atoms with Crippen molar-refractivity contribution in [1.82, 2.24) is 5.32 Å². The molecule has 0 aromatic carbocycles. The summed E-state index contributed by atoms with van der Waals surface area (Å²) in [5.41, 5.74) is 0.0592. The molecule has 1 aliphatic carbocycles. The molecular formula is C11H21F2NO. The predicted molar refractivity (Wildman–Crippen MR) is 56.2 cm³/mol. The second kappa shape index (κ2) is 5.21. The third-order valence-electron chi connectivity index (χ3n) is 3.87. The number of hydrogen-bond acceptors (Lipinski definition) is 2. The summed E-state index contributed by atoms with van der Waals surface area (Å²) in [7, 11) is 1.92. The van der Waals surface area contributed by atoms with Gasteiger partial charge in [0.15, 0.2) is 0 Å². The van der Waals surface area contributed by atoms with E-state index in [1.54, 1.807) is 0 Å². The summed E-state index contributed by atoms with van der Waals surface area (Å²) in [6, 6.07) is 0.412. The van der Waals surface area contributed by atoms with Gasteiger partial charge in [-0.05, 0) is 26.3 Å². The monoisotopic (exact) mass is 221 g/mol. The van der Waals surface area contributed by atoms with Gasteiger partial charge in [-0.15, -0.1) is 0 Å². The van der Waals surface area contributed by atoms with E-state index in [1.807, 2.05) is 7.05 Å². The zero-order chi connectivity index (χ0) is 11.5. The Morgan fingerprint density at radius 1 is 1.40 bits per heavy atom. The maximum atomic E-state index is 12.1. The first-order chi connectivity index (χ1) is 7.10. The molecule has 0 radical (unpaired) electrons. The van der Waals surface area contributed by atoms with Gasteiger partial charge in [0, 0.05) is 11.5 Å². The minimum atomic E-state index is -2.36. The fourth-order valence-electron chi connectivity index (χ4n) is 2.77. The molecule has 2 unspecified atom stereocenters. The lowest BCUT2D eigenvalue weighted by Crippen LogP contribution is -2.62. The molecule has 90 valence electrons. The van der Waals surface area contributed by atoms with Gasteiger partial charge in [-0.25, -0.2) is 8.78 Å². The van der Waals surface area contributed by atoms with Crippen LogP contribution in [0.2, 0.25) is 0 Å². The van der Waals surface area contributed by atoms with Gasteiger partial charge in [0.1, 0.15) is 6.61 Å². The topological polar surface area (TPSA) is 21.3 Å². The largest absolute Gasteiger partial charge is 0.372 e. The summed E-state index contributed by atoms with van der Waals surface area (Å²) in [5.74, 6) is 0. The zero-order valence-corrected chi connectivity index (χ0v) is 9.72. The Morgan fingerprint density at radius 3 is 2.40 bits per heavy atom. The van der Waals surface area contributed by atoms with Crippen molar-refractivity contribution in [3.05, 3.63) is 0 Å². The second-order valence-corrected chi connectivity index (χ2v) is 4.23. The predicted octanol–water partition coefficient (Wildman–Crippen LogP) is 2.43. The Labute approximate surface area is 90.4 Å². The fourth-order valence-corrected chi connectivity index (χ4v) is 2.77. The zero-order valence-electron chi connectivity index (χ0n) is 9.72. The first kappa shape index (κ1) is 12.8. The number of rotatable bonds is 6. The summed E-state index contributed by atoms with van der Waals surface area (Å²) in [6.07, 6.45) is 0.445. The van der Waals surface area contributed by atoms with Crippen LogP contribution in [-0.4, -0.2) is 32.2 Å². The van der Waals surface area contributed by atoms with Gasteiger partial charge >= 0.3 is 0 Å². The molecule has 1 aliphatic rings. The highest BCUT2D eigenvalue weighted by molar-refractivity contribution is 5.06. The molecule has 1 fully saturated rings. The minimum absolute atomic E-state index is 0.000972. The summed E-state index contributed by atoms with van der Waals surface area (Å²) < 4.78 is 29.4. The van der Waals surface area contributed by atoms with E-state index in [4.69, 9.17) is 4.74 Å². The highest BCUT2D eigenvalue weighted by Crippen LogP contribution is 2.48. The second-order valence-electron chi connectivity index (χ2n) is 4.23. The fraction of sp³-hybridized carbons (Fsp3) is 1.00. The van der Waals surface area contributed by atoms with Crippen molar-refractivity contribution < 1.29 is 13.5 Å². The number of ether oxygens (including phenoxy) is 1. The summed E-state index contributed by atoms with van der Waals surface area (Å²) >= 11 is 0. The third kappa shape index (κ3) is 2.31. The van der Waals surface area contributed by atoms with Gasteiger partial charge in [0.05, 0.1) is 6.10 Å². The standard InChI is InChI=1S/C11H21F2NO/c1-4-11(5-2)8(14-3)6-9(11)15-7-10(12)13/h8-10,14H,4-7H2,1-3H3. The minimum Gasteiger partial charge on any atom is -0.372 e. The molecule has 1 N–H and O–H groups in total. The average molecular weight is 221 g/mol. The van der Waals surface area contributed by atoms with Gasteiger partial charge < -0.3 is 10.1 Å². The van der Waals surface area contributed by atoms with Crippen LogP contribution in [0.1, 0.15) is 33.1 Å². The molecule has 15 heavy (non-hydrogen) atoms. The van der Waals surface area contributed by atoms with E-state index >= 15 is 0 Å². The Morgan fingerprint density at radius 2 is 2.00 bits per heavy atom. The third-order valence-corrected chi connectivity index (χ3v) is 3.87. The highest BCUT2D eigenvalue weighted by Gasteiger charge is 2.52. The lowest BCUT2D eigenvalue weighted by molar-refractivity contribution is -0.157. The van der Waals surface area contributed by atoms with Gasteiger partial charge in [-0.2, -0.15) is 0 Å².